The molecule has 114 valence electrons. The smallest absolute Gasteiger partial charge is 0.306 e. The van der Waals surface area contributed by atoms with E-state index in [2.05, 4.69) is 0 Å². The van der Waals surface area contributed by atoms with Crippen LogP contribution >= 0.6 is 11.6 Å². The second-order valence-electron chi connectivity index (χ2n) is 5.14. The first kappa shape index (κ1) is 15.8. The summed E-state index contributed by atoms with van der Waals surface area (Å²) in [5, 5.41) is 9.38. The van der Waals surface area contributed by atoms with E-state index in [4.69, 9.17) is 21.4 Å². The van der Waals surface area contributed by atoms with Crippen molar-refractivity contribution in [2.24, 2.45) is 0 Å². The topological polar surface area (TPSA) is 66.8 Å². The summed E-state index contributed by atoms with van der Waals surface area (Å²) < 4.78 is 5.37. The number of halogens is 1. The van der Waals surface area contributed by atoms with E-state index in [9.17, 15) is 9.59 Å². The molecule has 21 heavy (non-hydrogen) atoms. The van der Waals surface area contributed by atoms with Gasteiger partial charge in [0.25, 0.3) is 0 Å². The van der Waals surface area contributed by atoms with Crippen LogP contribution in [-0.2, 0) is 20.7 Å². The Labute approximate surface area is 128 Å². The second-order valence-corrected chi connectivity index (χ2v) is 5.55. The van der Waals surface area contributed by atoms with E-state index in [0.717, 1.165) is 11.1 Å². The van der Waals surface area contributed by atoms with Gasteiger partial charge in [0.2, 0.25) is 5.91 Å². The minimum absolute atomic E-state index is 0.0510. The van der Waals surface area contributed by atoms with Crippen molar-refractivity contribution < 1.29 is 19.4 Å². The van der Waals surface area contributed by atoms with E-state index in [-0.39, 0.29) is 18.7 Å². The fourth-order valence-corrected chi connectivity index (χ4v) is 2.71. The Morgan fingerprint density at radius 1 is 1.48 bits per heavy atom. The number of rotatable bonds is 4. The van der Waals surface area contributed by atoms with Gasteiger partial charge in [-0.25, -0.2) is 0 Å². The normalized spacial score (nSPS) is 18.6. The standard InChI is InChI=1S/C15H18ClNO4/c1-10-3-2-4-13(16)12(10)8-14(18)17-5-6-21-11(9-17)7-15(19)20/h2-4,11H,5-9H2,1H3,(H,19,20). The Hall–Kier alpha value is -1.59. The molecule has 5 nitrogen and oxygen atoms in total. The van der Waals surface area contributed by atoms with Gasteiger partial charge in [-0.05, 0) is 24.1 Å². The second kappa shape index (κ2) is 6.91. The maximum atomic E-state index is 12.4. The molecule has 2 rings (SSSR count). The van der Waals surface area contributed by atoms with Crippen molar-refractivity contribution >= 4 is 23.5 Å². The number of aryl methyl sites for hydroxylation is 1. The number of hydrogen-bond donors (Lipinski definition) is 1. The largest absolute Gasteiger partial charge is 0.481 e. The number of nitrogens with zero attached hydrogens (tertiary/aromatic N) is 1. The zero-order valence-electron chi connectivity index (χ0n) is 11.8. The van der Waals surface area contributed by atoms with Crippen LogP contribution in [0.15, 0.2) is 18.2 Å². The third-order valence-corrected chi connectivity index (χ3v) is 3.93. The monoisotopic (exact) mass is 311 g/mol. The first-order chi connectivity index (χ1) is 9.97. The summed E-state index contributed by atoms with van der Waals surface area (Å²) in [7, 11) is 0. The van der Waals surface area contributed by atoms with Crippen LogP contribution < -0.4 is 0 Å². The molecule has 1 heterocycles. The molecule has 1 aromatic carbocycles. The van der Waals surface area contributed by atoms with Gasteiger partial charge in [-0.1, -0.05) is 23.7 Å². The van der Waals surface area contributed by atoms with Crippen LogP contribution in [0.25, 0.3) is 0 Å². The van der Waals surface area contributed by atoms with Crippen LogP contribution in [0.3, 0.4) is 0 Å². The number of amides is 1. The molecule has 1 atom stereocenters. The number of carbonyl (C=O) groups is 2. The van der Waals surface area contributed by atoms with Crippen LogP contribution in [0.4, 0.5) is 0 Å². The lowest BCUT2D eigenvalue weighted by atomic mass is 10.0. The Bertz CT molecular complexity index is 526. The summed E-state index contributed by atoms with van der Waals surface area (Å²) in [6.07, 6.45) is -0.298. The lowest BCUT2D eigenvalue weighted by Crippen LogP contribution is -2.46. The highest BCUT2D eigenvalue weighted by Crippen LogP contribution is 2.21. The number of ether oxygens (including phenoxy) is 1. The SMILES string of the molecule is Cc1cccc(Cl)c1CC(=O)N1CCOC(CC(=O)O)C1. The van der Waals surface area contributed by atoms with E-state index in [1.165, 1.54) is 0 Å². The van der Waals surface area contributed by atoms with Gasteiger partial charge in [0, 0.05) is 18.1 Å². The molecule has 1 aliphatic rings. The number of hydrogen-bond acceptors (Lipinski definition) is 3. The van der Waals surface area contributed by atoms with Crippen LogP contribution in [0.5, 0.6) is 0 Å². The van der Waals surface area contributed by atoms with Gasteiger partial charge in [0.05, 0.1) is 25.6 Å². The number of carbonyl (C=O) groups excluding carboxylic acids is 1. The van der Waals surface area contributed by atoms with E-state index in [0.29, 0.717) is 24.7 Å². The van der Waals surface area contributed by atoms with Gasteiger partial charge in [0.1, 0.15) is 0 Å². The van der Waals surface area contributed by atoms with E-state index in [1.54, 1.807) is 11.0 Å². The number of carboxylic acids is 1. The van der Waals surface area contributed by atoms with E-state index in [1.807, 2.05) is 19.1 Å². The first-order valence-corrected chi connectivity index (χ1v) is 7.20. The van der Waals surface area contributed by atoms with Gasteiger partial charge in [-0.15, -0.1) is 0 Å². The van der Waals surface area contributed by atoms with Gasteiger partial charge >= 0.3 is 5.97 Å². The average molecular weight is 312 g/mol. The molecular weight excluding hydrogens is 294 g/mol. The number of aliphatic carboxylic acids is 1. The Morgan fingerprint density at radius 3 is 2.90 bits per heavy atom. The van der Waals surface area contributed by atoms with Crippen molar-refractivity contribution in [1.82, 2.24) is 4.90 Å². The van der Waals surface area contributed by atoms with Crippen molar-refractivity contribution in [3.05, 3.63) is 34.3 Å². The number of morpholine rings is 1. The van der Waals surface area contributed by atoms with Gasteiger partial charge in [0.15, 0.2) is 0 Å². The Kier molecular flexibility index (Phi) is 5.20. The molecule has 1 aliphatic heterocycles. The van der Waals surface area contributed by atoms with E-state index >= 15 is 0 Å². The molecule has 1 fully saturated rings. The molecule has 0 saturated carbocycles. The molecular formula is C15H18ClNO4. The Morgan fingerprint density at radius 2 is 2.24 bits per heavy atom. The lowest BCUT2D eigenvalue weighted by molar-refractivity contribution is -0.147. The third-order valence-electron chi connectivity index (χ3n) is 3.57. The zero-order valence-corrected chi connectivity index (χ0v) is 12.6. The molecule has 0 aliphatic carbocycles. The summed E-state index contributed by atoms with van der Waals surface area (Å²) >= 11 is 6.14. The molecule has 0 aromatic heterocycles. The molecule has 6 heteroatoms. The predicted molar refractivity (Wildman–Crippen MR) is 78.5 cm³/mol. The summed E-state index contributed by atoms with van der Waals surface area (Å²) in [5.74, 6) is -0.971. The average Bonchev–Trinajstić information content (AvgIpc) is 2.42. The number of benzene rings is 1. The highest BCUT2D eigenvalue weighted by molar-refractivity contribution is 6.31. The van der Waals surface area contributed by atoms with Gasteiger partial charge < -0.3 is 14.7 Å². The van der Waals surface area contributed by atoms with Crippen molar-refractivity contribution in [2.45, 2.75) is 25.9 Å². The zero-order chi connectivity index (χ0) is 15.4. The van der Waals surface area contributed by atoms with Crippen LogP contribution in [0, 0.1) is 6.92 Å². The molecule has 1 unspecified atom stereocenters. The summed E-state index contributed by atoms with van der Waals surface area (Å²) in [6, 6.07) is 5.54. The van der Waals surface area contributed by atoms with Crippen molar-refractivity contribution in [3.8, 4) is 0 Å². The van der Waals surface area contributed by atoms with E-state index < -0.39 is 12.1 Å². The minimum atomic E-state index is -0.920. The number of carboxylic acid groups (broad SMARTS) is 1. The van der Waals surface area contributed by atoms with Crippen LogP contribution in [-0.4, -0.2) is 47.7 Å². The molecule has 1 aromatic rings. The fourth-order valence-electron chi connectivity index (χ4n) is 2.42. The summed E-state index contributed by atoms with van der Waals surface area (Å²) in [4.78, 5) is 24.7. The third kappa shape index (κ3) is 4.19. The van der Waals surface area contributed by atoms with Gasteiger partial charge in [-0.3, -0.25) is 9.59 Å². The molecule has 1 amide bonds. The molecule has 0 radical (unpaired) electrons. The van der Waals surface area contributed by atoms with Crippen molar-refractivity contribution in [3.63, 3.8) is 0 Å². The maximum absolute atomic E-state index is 12.4. The van der Waals surface area contributed by atoms with Crippen molar-refractivity contribution in [2.75, 3.05) is 19.7 Å². The molecule has 0 spiro atoms. The first-order valence-electron chi connectivity index (χ1n) is 6.82. The van der Waals surface area contributed by atoms with Crippen LogP contribution in [0.2, 0.25) is 5.02 Å². The van der Waals surface area contributed by atoms with Crippen LogP contribution in [0.1, 0.15) is 17.5 Å². The highest BCUT2D eigenvalue weighted by Gasteiger charge is 2.26. The molecule has 0 bridgehead atoms. The minimum Gasteiger partial charge on any atom is -0.481 e. The molecule has 1 saturated heterocycles. The van der Waals surface area contributed by atoms with Gasteiger partial charge in [-0.2, -0.15) is 0 Å². The summed E-state index contributed by atoms with van der Waals surface area (Å²) in [5.41, 5.74) is 1.80. The molecule has 1 N–H and O–H groups in total. The highest BCUT2D eigenvalue weighted by atomic mass is 35.5. The quantitative estimate of drug-likeness (QED) is 0.922. The predicted octanol–water partition coefficient (Wildman–Crippen LogP) is 1.89. The lowest BCUT2D eigenvalue weighted by Gasteiger charge is -2.32. The van der Waals surface area contributed by atoms with Crippen molar-refractivity contribution in [1.29, 1.82) is 0 Å². The summed E-state index contributed by atoms with van der Waals surface area (Å²) in [6.45, 7) is 3.08. The fraction of sp³-hybridized carbons (Fsp3) is 0.467. The maximum Gasteiger partial charge on any atom is 0.306 e. The Balaban J connectivity index is 2.01.